The van der Waals surface area contributed by atoms with Gasteiger partial charge in [-0.2, -0.15) is 5.10 Å². The van der Waals surface area contributed by atoms with E-state index in [2.05, 4.69) is 15.4 Å². The maximum Gasteiger partial charge on any atom is 0.151 e. The van der Waals surface area contributed by atoms with Crippen molar-refractivity contribution < 1.29 is 9.84 Å². The summed E-state index contributed by atoms with van der Waals surface area (Å²) in [7, 11) is 1.85. The second kappa shape index (κ2) is 7.33. The first kappa shape index (κ1) is 12.1. The largest absolute Gasteiger partial charge is 0.394 e. The van der Waals surface area contributed by atoms with Gasteiger partial charge in [0.15, 0.2) is 5.82 Å². The zero-order chi connectivity index (χ0) is 10.9. The predicted octanol–water partition coefficient (Wildman–Crippen LogP) is -1.04. The number of nitrogens with one attached hydrogen (secondary N) is 1. The molecule has 86 valence electrons. The van der Waals surface area contributed by atoms with Crippen LogP contribution in [0.5, 0.6) is 0 Å². The first-order valence-electron chi connectivity index (χ1n) is 5.07. The van der Waals surface area contributed by atoms with Gasteiger partial charge in [-0.25, -0.2) is 4.98 Å². The molecule has 0 aliphatic heterocycles. The normalized spacial score (nSPS) is 10.8. The summed E-state index contributed by atoms with van der Waals surface area (Å²) in [5, 5.41) is 15.8. The van der Waals surface area contributed by atoms with E-state index in [9.17, 15) is 0 Å². The molecule has 1 rings (SSSR count). The van der Waals surface area contributed by atoms with Crippen molar-refractivity contribution in [3.8, 4) is 0 Å². The zero-order valence-electron chi connectivity index (χ0n) is 9.02. The van der Waals surface area contributed by atoms with Crippen molar-refractivity contribution in [2.75, 3.05) is 32.9 Å². The smallest absolute Gasteiger partial charge is 0.151 e. The van der Waals surface area contributed by atoms with Crippen LogP contribution in [0, 0.1) is 0 Å². The molecular weight excluding hydrogens is 196 g/mol. The third-order valence-electron chi connectivity index (χ3n) is 1.83. The average molecular weight is 214 g/mol. The number of rotatable bonds is 8. The molecule has 0 amide bonds. The maximum atomic E-state index is 8.46. The molecule has 0 atom stereocenters. The Labute approximate surface area is 89.3 Å². The van der Waals surface area contributed by atoms with Gasteiger partial charge in [-0.3, -0.25) is 4.68 Å². The first-order valence-corrected chi connectivity index (χ1v) is 5.07. The van der Waals surface area contributed by atoms with Gasteiger partial charge >= 0.3 is 0 Å². The van der Waals surface area contributed by atoms with E-state index in [-0.39, 0.29) is 6.61 Å². The molecule has 0 unspecified atom stereocenters. The topological polar surface area (TPSA) is 72.2 Å². The van der Waals surface area contributed by atoms with Gasteiger partial charge in [0.05, 0.1) is 19.8 Å². The minimum atomic E-state index is 0.0812. The number of hydrogen-bond acceptors (Lipinski definition) is 5. The Bertz CT molecular complexity index is 264. The van der Waals surface area contributed by atoms with E-state index in [1.54, 1.807) is 11.0 Å². The molecule has 0 spiro atoms. The van der Waals surface area contributed by atoms with Gasteiger partial charge in [0.1, 0.15) is 6.33 Å². The van der Waals surface area contributed by atoms with Crippen LogP contribution in [-0.2, 0) is 18.2 Å². The number of aromatic nitrogens is 3. The van der Waals surface area contributed by atoms with Crippen LogP contribution in [0.2, 0.25) is 0 Å². The second-order valence-electron chi connectivity index (χ2n) is 3.17. The predicted molar refractivity (Wildman–Crippen MR) is 55.5 cm³/mol. The molecular formula is C9H18N4O2. The fourth-order valence-electron chi connectivity index (χ4n) is 1.13. The minimum absolute atomic E-state index is 0.0812. The summed E-state index contributed by atoms with van der Waals surface area (Å²) in [6, 6.07) is 0. The third kappa shape index (κ3) is 5.46. The minimum Gasteiger partial charge on any atom is -0.394 e. The zero-order valence-corrected chi connectivity index (χ0v) is 9.02. The van der Waals surface area contributed by atoms with E-state index in [0.717, 1.165) is 25.3 Å². The number of hydrogen-bond donors (Lipinski definition) is 2. The van der Waals surface area contributed by atoms with Crippen LogP contribution < -0.4 is 5.32 Å². The van der Waals surface area contributed by atoms with Crippen molar-refractivity contribution in [1.29, 1.82) is 0 Å². The van der Waals surface area contributed by atoms with Crippen LogP contribution in [0.25, 0.3) is 0 Å². The Morgan fingerprint density at radius 2 is 2.33 bits per heavy atom. The lowest BCUT2D eigenvalue weighted by molar-refractivity contribution is 0.0940. The number of aryl methyl sites for hydroxylation is 1. The summed E-state index contributed by atoms with van der Waals surface area (Å²) >= 11 is 0. The van der Waals surface area contributed by atoms with Crippen molar-refractivity contribution >= 4 is 0 Å². The Morgan fingerprint density at radius 1 is 1.47 bits per heavy atom. The lowest BCUT2D eigenvalue weighted by atomic mass is 10.4. The summed E-state index contributed by atoms with van der Waals surface area (Å²) in [5.74, 6) is 0.848. The maximum absolute atomic E-state index is 8.46. The first-order chi connectivity index (χ1) is 7.33. The molecule has 0 saturated carbocycles. The summed E-state index contributed by atoms with van der Waals surface area (Å²) in [5.41, 5.74) is 0. The van der Waals surface area contributed by atoms with Gasteiger partial charge in [-0.1, -0.05) is 0 Å². The van der Waals surface area contributed by atoms with E-state index < -0.39 is 0 Å². The van der Waals surface area contributed by atoms with Gasteiger partial charge in [0, 0.05) is 26.6 Å². The number of aliphatic hydroxyl groups is 1. The second-order valence-corrected chi connectivity index (χ2v) is 3.17. The molecule has 1 aromatic rings. The van der Waals surface area contributed by atoms with Crippen molar-refractivity contribution in [2.24, 2.45) is 7.05 Å². The molecule has 0 bridgehead atoms. The van der Waals surface area contributed by atoms with Gasteiger partial charge < -0.3 is 15.2 Å². The molecule has 15 heavy (non-hydrogen) atoms. The van der Waals surface area contributed by atoms with Crippen LogP contribution >= 0.6 is 0 Å². The Hall–Kier alpha value is -0.980. The highest BCUT2D eigenvalue weighted by Gasteiger charge is 1.97. The highest BCUT2D eigenvalue weighted by atomic mass is 16.5. The van der Waals surface area contributed by atoms with Crippen LogP contribution in [0.3, 0.4) is 0 Å². The molecule has 0 aliphatic carbocycles. The quantitative estimate of drug-likeness (QED) is 0.541. The summed E-state index contributed by atoms with van der Waals surface area (Å²) in [6.45, 7) is 2.73. The lowest BCUT2D eigenvalue weighted by Crippen LogP contribution is -2.23. The lowest BCUT2D eigenvalue weighted by Gasteiger charge is -2.03. The Morgan fingerprint density at radius 3 is 3.00 bits per heavy atom. The summed E-state index contributed by atoms with van der Waals surface area (Å²) < 4.78 is 6.79. The number of nitrogens with zero attached hydrogens (tertiary/aromatic N) is 3. The van der Waals surface area contributed by atoms with Crippen LogP contribution in [-0.4, -0.2) is 52.8 Å². The van der Waals surface area contributed by atoms with Crippen molar-refractivity contribution in [1.82, 2.24) is 20.1 Å². The van der Waals surface area contributed by atoms with E-state index in [4.69, 9.17) is 9.84 Å². The van der Waals surface area contributed by atoms with Gasteiger partial charge in [0.2, 0.25) is 0 Å². The van der Waals surface area contributed by atoms with Gasteiger partial charge in [-0.05, 0) is 0 Å². The molecule has 0 aliphatic rings. The van der Waals surface area contributed by atoms with Crippen molar-refractivity contribution in [3.63, 3.8) is 0 Å². The van der Waals surface area contributed by atoms with E-state index in [1.807, 2.05) is 7.05 Å². The van der Waals surface area contributed by atoms with Crippen LogP contribution in [0.1, 0.15) is 5.82 Å². The number of aliphatic hydroxyl groups excluding tert-OH is 1. The summed E-state index contributed by atoms with van der Waals surface area (Å²) in [4.78, 5) is 4.11. The molecule has 2 N–H and O–H groups in total. The molecule has 0 fully saturated rings. The number of ether oxygens (including phenoxy) is 1. The van der Waals surface area contributed by atoms with Crippen molar-refractivity contribution in [3.05, 3.63) is 12.2 Å². The fourth-order valence-corrected chi connectivity index (χ4v) is 1.13. The molecule has 1 heterocycles. The average Bonchev–Trinajstić information content (AvgIpc) is 2.63. The van der Waals surface area contributed by atoms with Crippen molar-refractivity contribution in [2.45, 2.75) is 6.42 Å². The molecule has 6 nitrogen and oxygen atoms in total. The SMILES string of the molecule is Cn1cnc(CCNCCOCCO)n1. The van der Waals surface area contributed by atoms with Gasteiger partial charge in [-0.15, -0.1) is 0 Å². The molecule has 0 radical (unpaired) electrons. The van der Waals surface area contributed by atoms with Gasteiger partial charge in [0.25, 0.3) is 0 Å². The summed E-state index contributed by atoms with van der Waals surface area (Å²) in [6.07, 6.45) is 2.51. The monoisotopic (exact) mass is 214 g/mol. The third-order valence-corrected chi connectivity index (χ3v) is 1.83. The van der Waals surface area contributed by atoms with Crippen LogP contribution in [0.15, 0.2) is 6.33 Å². The van der Waals surface area contributed by atoms with Crippen LogP contribution in [0.4, 0.5) is 0 Å². The molecule has 0 aromatic carbocycles. The van der Waals surface area contributed by atoms with E-state index in [0.29, 0.717) is 13.2 Å². The Balaban J connectivity index is 1.93. The Kier molecular flexibility index (Phi) is 5.91. The van der Waals surface area contributed by atoms with E-state index in [1.165, 1.54) is 0 Å². The standard InChI is InChI=1S/C9H18N4O2/c1-13-8-11-9(12-13)2-3-10-4-6-15-7-5-14/h8,10,14H,2-7H2,1H3. The molecule has 1 aromatic heterocycles. The highest BCUT2D eigenvalue weighted by molar-refractivity contribution is 4.81. The van der Waals surface area contributed by atoms with E-state index >= 15 is 0 Å². The highest BCUT2D eigenvalue weighted by Crippen LogP contribution is 1.87. The molecule has 6 heteroatoms. The molecule has 0 saturated heterocycles. The fraction of sp³-hybridized carbons (Fsp3) is 0.778.